The number of fused-ring (bicyclic) bond motifs is 1. The predicted octanol–water partition coefficient (Wildman–Crippen LogP) is 6.08. The number of anilines is 3. The highest BCUT2D eigenvalue weighted by Crippen LogP contribution is 2.30. The zero-order chi connectivity index (χ0) is 19.7. The lowest BCUT2D eigenvalue weighted by Gasteiger charge is -2.11. The normalized spacial score (nSPS) is 10.4. The Bertz CT molecular complexity index is 1180. The number of nitrogens with zero attached hydrogens (tertiary/aromatic N) is 1. The molecule has 0 aliphatic rings. The number of aromatic amines is 1. The monoisotopic (exact) mass is 430 g/mol. The van der Waals surface area contributed by atoms with Crippen molar-refractivity contribution >= 4 is 58.0 Å². The van der Waals surface area contributed by atoms with Gasteiger partial charge in [-0.1, -0.05) is 17.7 Å². The number of carbonyl (C=O) groups is 1. The molecule has 0 spiro atoms. The van der Waals surface area contributed by atoms with Crippen LogP contribution in [0.2, 0.25) is 5.02 Å². The SMILES string of the molecule is Cc1c[nH]c2c(Nc3cccc(Cl)c3)ncc(C(=O)Nc3ccc(F)cc3)c12.Cl. The Balaban J connectivity index is 0.00000240. The Kier molecular flexibility index (Phi) is 6.06. The molecule has 0 saturated carbocycles. The molecule has 5 nitrogen and oxygen atoms in total. The van der Waals surface area contributed by atoms with E-state index in [9.17, 15) is 9.18 Å². The van der Waals surface area contributed by atoms with Gasteiger partial charge in [-0.05, 0) is 55.0 Å². The largest absolute Gasteiger partial charge is 0.358 e. The van der Waals surface area contributed by atoms with Gasteiger partial charge in [0.05, 0.1) is 11.1 Å². The van der Waals surface area contributed by atoms with Crippen LogP contribution in [0.3, 0.4) is 0 Å². The smallest absolute Gasteiger partial charge is 0.257 e. The van der Waals surface area contributed by atoms with E-state index in [2.05, 4.69) is 20.6 Å². The van der Waals surface area contributed by atoms with E-state index in [0.29, 0.717) is 27.6 Å². The van der Waals surface area contributed by atoms with Crippen LogP contribution in [0.5, 0.6) is 0 Å². The van der Waals surface area contributed by atoms with Crippen LogP contribution in [0, 0.1) is 12.7 Å². The summed E-state index contributed by atoms with van der Waals surface area (Å²) in [6, 6.07) is 12.9. The topological polar surface area (TPSA) is 69.8 Å². The lowest BCUT2D eigenvalue weighted by molar-refractivity contribution is 0.102. The number of amides is 1. The van der Waals surface area contributed by atoms with E-state index in [1.54, 1.807) is 12.1 Å². The number of halogens is 3. The molecular weight excluding hydrogens is 414 g/mol. The lowest BCUT2D eigenvalue weighted by atomic mass is 10.1. The number of carbonyl (C=O) groups excluding carboxylic acids is 1. The maximum atomic E-state index is 13.1. The third kappa shape index (κ3) is 4.34. The van der Waals surface area contributed by atoms with Crippen LogP contribution < -0.4 is 10.6 Å². The highest BCUT2D eigenvalue weighted by Gasteiger charge is 2.17. The molecule has 0 fully saturated rings. The number of nitrogens with one attached hydrogen (secondary N) is 3. The first-order chi connectivity index (χ1) is 13.5. The van der Waals surface area contributed by atoms with Crippen molar-refractivity contribution in [2.24, 2.45) is 0 Å². The second-order valence-electron chi connectivity index (χ2n) is 6.34. The maximum Gasteiger partial charge on any atom is 0.257 e. The molecule has 29 heavy (non-hydrogen) atoms. The first kappa shape index (κ1) is 20.6. The van der Waals surface area contributed by atoms with Crippen molar-refractivity contribution in [3.63, 3.8) is 0 Å². The highest BCUT2D eigenvalue weighted by molar-refractivity contribution is 6.30. The number of aromatic nitrogens is 2. The Morgan fingerprint density at radius 2 is 1.90 bits per heavy atom. The second kappa shape index (κ2) is 8.51. The van der Waals surface area contributed by atoms with E-state index in [-0.39, 0.29) is 24.1 Å². The predicted molar refractivity (Wildman–Crippen MR) is 117 cm³/mol. The van der Waals surface area contributed by atoms with Gasteiger partial charge in [-0.15, -0.1) is 12.4 Å². The van der Waals surface area contributed by atoms with Gasteiger partial charge in [0.25, 0.3) is 5.91 Å². The fourth-order valence-corrected chi connectivity index (χ4v) is 3.21. The van der Waals surface area contributed by atoms with Crippen LogP contribution in [-0.2, 0) is 0 Å². The molecule has 0 bridgehead atoms. The summed E-state index contributed by atoms with van der Waals surface area (Å²) in [5.41, 5.74) is 3.35. The number of aryl methyl sites for hydroxylation is 1. The van der Waals surface area contributed by atoms with Crippen LogP contribution in [0.25, 0.3) is 10.9 Å². The zero-order valence-corrected chi connectivity index (χ0v) is 16.9. The van der Waals surface area contributed by atoms with Crippen LogP contribution in [0.1, 0.15) is 15.9 Å². The number of hydrogen-bond donors (Lipinski definition) is 3. The standard InChI is InChI=1S/C21H16ClFN4O.ClH/c1-12-10-24-19-18(12)17(21(28)27-15-7-5-14(23)6-8-15)11-25-20(19)26-16-4-2-3-13(22)9-16;/h2-11,24H,1H3,(H,25,26)(H,27,28);1H. The molecule has 2 heterocycles. The van der Waals surface area contributed by atoms with Gasteiger partial charge in [-0.25, -0.2) is 9.37 Å². The van der Waals surface area contributed by atoms with Crippen LogP contribution in [-0.4, -0.2) is 15.9 Å². The van der Waals surface area contributed by atoms with Gasteiger partial charge in [-0.2, -0.15) is 0 Å². The summed E-state index contributed by atoms with van der Waals surface area (Å²) in [5.74, 6) is -0.0928. The van der Waals surface area contributed by atoms with Crippen molar-refractivity contribution in [2.45, 2.75) is 6.92 Å². The first-order valence-corrected chi connectivity index (χ1v) is 8.95. The molecule has 8 heteroatoms. The Morgan fingerprint density at radius 3 is 2.62 bits per heavy atom. The molecule has 2 aromatic carbocycles. The van der Waals surface area contributed by atoms with E-state index in [0.717, 1.165) is 16.6 Å². The lowest BCUT2D eigenvalue weighted by Crippen LogP contribution is -2.13. The summed E-state index contributed by atoms with van der Waals surface area (Å²) in [6.45, 7) is 1.91. The third-order valence-electron chi connectivity index (χ3n) is 4.34. The summed E-state index contributed by atoms with van der Waals surface area (Å²) in [6.07, 6.45) is 3.35. The Morgan fingerprint density at radius 1 is 1.14 bits per heavy atom. The number of rotatable bonds is 4. The minimum Gasteiger partial charge on any atom is -0.358 e. The van der Waals surface area contributed by atoms with Crippen molar-refractivity contribution in [3.05, 3.63) is 82.9 Å². The van der Waals surface area contributed by atoms with Gasteiger partial charge in [0.15, 0.2) is 5.82 Å². The fourth-order valence-electron chi connectivity index (χ4n) is 3.02. The fraction of sp³-hybridized carbons (Fsp3) is 0.0476. The van der Waals surface area contributed by atoms with Crippen molar-refractivity contribution < 1.29 is 9.18 Å². The van der Waals surface area contributed by atoms with Gasteiger partial charge in [-0.3, -0.25) is 4.79 Å². The quantitative estimate of drug-likeness (QED) is 0.367. The van der Waals surface area contributed by atoms with Gasteiger partial charge >= 0.3 is 0 Å². The number of pyridine rings is 1. The third-order valence-corrected chi connectivity index (χ3v) is 4.58. The van der Waals surface area contributed by atoms with E-state index in [1.807, 2.05) is 25.3 Å². The highest BCUT2D eigenvalue weighted by atomic mass is 35.5. The molecule has 4 aromatic rings. The first-order valence-electron chi connectivity index (χ1n) is 8.57. The number of benzene rings is 2. The second-order valence-corrected chi connectivity index (χ2v) is 6.77. The van der Waals surface area contributed by atoms with E-state index in [1.165, 1.54) is 30.5 Å². The van der Waals surface area contributed by atoms with Crippen LogP contribution in [0.15, 0.2) is 60.9 Å². The molecule has 3 N–H and O–H groups in total. The zero-order valence-electron chi connectivity index (χ0n) is 15.3. The van der Waals surface area contributed by atoms with Crippen molar-refractivity contribution in [3.8, 4) is 0 Å². The summed E-state index contributed by atoms with van der Waals surface area (Å²) in [7, 11) is 0. The van der Waals surface area contributed by atoms with E-state index >= 15 is 0 Å². The van der Waals surface area contributed by atoms with Crippen molar-refractivity contribution in [1.29, 1.82) is 0 Å². The summed E-state index contributed by atoms with van der Waals surface area (Å²) in [4.78, 5) is 20.4. The Labute approximate surface area is 177 Å². The van der Waals surface area contributed by atoms with Crippen molar-refractivity contribution in [2.75, 3.05) is 10.6 Å². The summed E-state index contributed by atoms with van der Waals surface area (Å²) < 4.78 is 13.1. The molecule has 4 rings (SSSR count). The minimum atomic E-state index is -0.361. The molecule has 0 unspecified atom stereocenters. The summed E-state index contributed by atoms with van der Waals surface area (Å²) >= 11 is 6.04. The molecule has 0 aliphatic carbocycles. The molecule has 0 saturated heterocycles. The van der Waals surface area contributed by atoms with Gasteiger partial charge in [0.2, 0.25) is 0 Å². The van der Waals surface area contributed by atoms with Crippen LogP contribution in [0.4, 0.5) is 21.6 Å². The Hall–Kier alpha value is -3.09. The number of hydrogen-bond acceptors (Lipinski definition) is 3. The van der Waals surface area contributed by atoms with Crippen molar-refractivity contribution in [1.82, 2.24) is 9.97 Å². The average molecular weight is 431 g/mol. The van der Waals surface area contributed by atoms with Gasteiger partial charge in [0.1, 0.15) is 5.82 Å². The van der Waals surface area contributed by atoms with Gasteiger partial charge in [0, 0.05) is 34.2 Å². The van der Waals surface area contributed by atoms with Gasteiger partial charge < -0.3 is 15.6 Å². The number of H-pyrrole nitrogens is 1. The molecule has 2 aromatic heterocycles. The van der Waals surface area contributed by atoms with E-state index < -0.39 is 0 Å². The molecule has 0 radical (unpaired) electrons. The molecule has 0 atom stereocenters. The molecular formula is C21H17Cl2FN4O. The summed E-state index contributed by atoms with van der Waals surface area (Å²) in [5, 5.41) is 7.37. The molecule has 0 aliphatic heterocycles. The molecule has 1 amide bonds. The average Bonchev–Trinajstić information content (AvgIpc) is 3.06. The van der Waals surface area contributed by atoms with E-state index in [4.69, 9.17) is 11.6 Å². The van der Waals surface area contributed by atoms with Crippen LogP contribution >= 0.6 is 24.0 Å². The molecule has 148 valence electrons. The maximum absolute atomic E-state index is 13.1. The minimum absolute atomic E-state index is 0.